The normalized spacial score (nSPS) is 27.4. The summed E-state index contributed by atoms with van der Waals surface area (Å²) in [6.45, 7) is 3.16. The van der Waals surface area contributed by atoms with Crippen LogP contribution in [-0.4, -0.2) is 37.0 Å². The molecular weight excluding hydrogens is 290 g/mol. The summed E-state index contributed by atoms with van der Waals surface area (Å²) < 4.78 is 0. The largest absolute Gasteiger partial charge is 0.356 e. The molecule has 2 rings (SSSR count). The van der Waals surface area contributed by atoms with Gasteiger partial charge in [0.1, 0.15) is 0 Å². The predicted molar refractivity (Wildman–Crippen MR) is 85.5 cm³/mol. The number of rotatable bonds is 6. The summed E-state index contributed by atoms with van der Waals surface area (Å²) in [7, 11) is 0. The Bertz CT molecular complexity index is 338. The molecule has 1 heterocycles. The Balaban J connectivity index is 0.00000220. The topological polar surface area (TPSA) is 70.2 Å². The molecule has 0 aromatic heterocycles. The van der Waals surface area contributed by atoms with Gasteiger partial charge in [0.15, 0.2) is 0 Å². The lowest BCUT2D eigenvalue weighted by Crippen LogP contribution is -2.44. The van der Waals surface area contributed by atoms with Gasteiger partial charge in [-0.1, -0.05) is 19.8 Å². The highest BCUT2D eigenvalue weighted by Gasteiger charge is 2.37. The van der Waals surface area contributed by atoms with Crippen molar-refractivity contribution in [1.82, 2.24) is 16.0 Å². The van der Waals surface area contributed by atoms with Gasteiger partial charge in [-0.05, 0) is 31.6 Å². The second kappa shape index (κ2) is 9.26. The highest BCUT2D eigenvalue weighted by atomic mass is 35.5. The van der Waals surface area contributed by atoms with E-state index in [4.69, 9.17) is 0 Å². The lowest BCUT2D eigenvalue weighted by Gasteiger charge is -2.24. The van der Waals surface area contributed by atoms with Gasteiger partial charge in [0.2, 0.25) is 11.8 Å². The minimum Gasteiger partial charge on any atom is -0.356 e. The van der Waals surface area contributed by atoms with E-state index in [1.54, 1.807) is 0 Å². The molecule has 2 fully saturated rings. The van der Waals surface area contributed by atoms with Crippen molar-refractivity contribution < 1.29 is 9.59 Å². The molecule has 1 aliphatic carbocycles. The van der Waals surface area contributed by atoms with Crippen LogP contribution < -0.4 is 16.0 Å². The van der Waals surface area contributed by atoms with Gasteiger partial charge in [0.25, 0.3) is 0 Å². The van der Waals surface area contributed by atoms with Gasteiger partial charge in [0.05, 0.1) is 6.04 Å². The highest BCUT2D eigenvalue weighted by Crippen LogP contribution is 2.33. The van der Waals surface area contributed by atoms with Gasteiger partial charge in [0, 0.05) is 25.6 Å². The number of carbonyl (C=O) groups is 2. The maximum atomic E-state index is 12.1. The van der Waals surface area contributed by atoms with Gasteiger partial charge in [-0.3, -0.25) is 9.59 Å². The quantitative estimate of drug-likeness (QED) is 0.693. The Hall–Kier alpha value is -0.810. The van der Waals surface area contributed by atoms with E-state index in [1.807, 2.05) is 6.92 Å². The van der Waals surface area contributed by atoms with Gasteiger partial charge in [-0.15, -0.1) is 12.4 Å². The monoisotopic (exact) mass is 317 g/mol. The Morgan fingerprint density at radius 2 is 1.90 bits per heavy atom. The SMILES string of the molecule is CCCNC(=O)CCNC(=O)C1CC2CCCCC2N1.Cl. The Morgan fingerprint density at radius 1 is 1.14 bits per heavy atom. The summed E-state index contributed by atoms with van der Waals surface area (Å²) in [6, 6.07) is 0.481. The standard InChI is InChI=1S/C15H27N3O2.ClH/c1-2-8-16-14(19)7-9-17-15(20)13-10-11-5-3-4-6-12(11)18-13;/h11-13,18H,2-10H2,1H3,(H,16,19)(H,17,20);1H. The van der Waals surface area contributed by atoms with E-state index in [2.05, 4.69) is 16.0 Å². The van der Waals surface area contributed by atoms with Crippen LogP contribution in [0.5, 0.6) is 0 Å². The average molecular weight is 318 g/mol. The van der Waals surface area contributed by atoms with Gasteiger partial charge in [-0.2, -0.15) is 0 Å². The van der Waals surface area contributed by atoms with Crippen LogP contribution in [0.3, 0.4) is 0 Å². The first-order valence-electron chi connectivity index (χ1n) is 8.01. The fourth-order valence-electron chi connectivity index (χ4n) is 3.30. The molecule has 1 saturated heterocycles. The number of halogens is 1. The summed E-state index contributed by atoms with van der Waals surface area (Å²) in [6.07, 6.45) is 7.29. The third kappa shape index (κ3) is 5.47. The third-order valence-corrected chi connectivity index (χ3v) is 4.40. The van der Waals surface area contributed by atoms with E-state index in [1.165, 1.54) is 25.7 Å². The summed E-state index contributed by atoms with van der Waals surface area (Å²) in [5, 5.41) is 9.14. The molecule has 2 aliphatic rings. The lowest BCUT2D eigenvalue weighted by molar-refractivity contribution is -0.123. The number of fused-ring (bicyclic) bond motifs is 1. The van der Waals surface area contributed by atoms with Gasteiger partial charge >= 0.3 is 0 Å². The summed E-state index contributed by atoms with van der Waals surface area (Å²) in [5.74, 6) is 0.746. The smallest absolute Gasteiger partial charge is 0.237 e. The van der Waals surface area contributed by atoms with Crippen molar-refractivity contribution in [2.45, 2.75) is 64.0 Å². The molecule has 1 saturated carbocycles. The van der Waals surface area contributed by atoms with E-state index in [0.29, 0.717) is 31.5 Å². The molecule has 2 amide bonds. The molecule has 122 valence electrons. The van der Waals surface area contributed by atoms with Gasteiger partial charge in [-0.25, -0.2) is 0 Å². The van der Waals surface area contributed by atoms with Crippen LogP contribution in [0.4, 0.5) is 0 Å². The minimum absolute atomic E-state index is 0. The van der Waals surface area contributed by atoms with E-state index in [-0.39, 0.29) is 30.3 Å². The second-order valence-corrected chi connectivity index (χ2v) is 6.00. The first-order valence-corrected chi connectivity index (χ1v) is 8.01. The zero-order chi connectivity index (χ0) is 14.4. The summed E-state index contributed by atoms with van der Waals surface area (Å²) in [4.78, 5) is 23.5. The van der Waals surface area contributed by atoms with Crippen molar-refractivity contribution in [3.63, 3.8) is 0 Å². The molecule has 5 nitrogen and oxygen atoms in total. The molecule has 0 bridgehead atoms. The Kier molecular flexibility index (Phi) is 8.04. The molecule has 0 radical (unpaired) electrons. The molecule has 0 aromatic carbocycles. The van der Waals surface area contributed by atoms with Crippen molar-refractivity contribution in [1.29, 1.82) is 0 Å². The van der Waals surface area contributed by atoms with Gasteiger partial charge < -0.3 is 16.0 Å². The fraction of sp³-hybridized carbons (Fsp3) is 0.867. The zero-order valence-electron chi connectivity index (χ0n) is 12.8. The number of hydrogen-bond donors (Lipinski definition) is 3. The number of amides is 2. The Morgan fingerprint density at radius 3 is 2.62 bits per heavy atom. The van der Waals surface area contributed by atoms with Crippen LogP contribution in [0.1, 0.15) is 51.9 Å². The van der Waals surface area contributed by atoms with E-state index in [9.17, 15) is 9.59 Å². The van der Waals surface area contributed by atoms with Crippen molar-refractivity contribution in [3.8, 4) is 0 Å². The lowest BCUT2D eigenvalue weighted by atomic mass is 9.85. The van der Waals surface area contributed by atoms with Crippen LogP contribution in [0, 0.1) is 5.92 Å². The molecule has 3 unspecified atom stereocenters. The van der Waals surface area contributed by atoms with Crippen LogP contribution in [0.25, 0.3) is 0 Å². The van der Waals surface area contributed by atoms with Crippen LogP contribution >= 0.6 is 12.4 Å². The summed E-state index contributed by atoms with van der Waals surface area (Å²) >= 11 is 0. The molecule has 6 heteroatoms. The second-order valence-electron chi connectivity index (χ2n) is 6.00. The van der Waals surface area contributed by atoms with Crippen molar-refractivity contribution >= 4 is 24.2 Å². The first kappa shape index (κ1) is 18.2. The molecule has 0 spiro atoms. The average Bonchev–Trinajstić information content (AvgIpc) is 2.89. The maximum Gasteiger partial charge on any atom is 0.237 e. The molecule has 3 N–H and O–H groups in total. The van der Waals surface area contributed by atoms with Crippen LogP contribution in [0.2, 0.25) is 0 Å². The number of carbonyl (C=O) groups excluding carboxylic acids is 2. The number of nitrogens with one attached hydrogen (secondary N) is 3. The maximum absolute atomic E-state index is 12.1. The molecule has 0 aromatic rings. The first-order chi connectivity index (χ1) is 9.70. The molecular formula is C15H28ClN3O2. The summed E-state index contributed by atoms with van der Waals surface area (Å²) in [5.41, 5.74) is 0. The van der Waals surface area contributed by atoms with Crippen molar-refractivity contribution in [2.75, 3.05) is 13.1 Å². The predicted octanol–water partition coefficient (Wildman–Crippen LogP) is 1.36. The number of hydrogen-bond acceptors (Lipinski definition) is 3. The fourth-order valence-corrected chi connectivity index (χ4v) is 3.30. The Labute approximate surface area is 133 Å². The van der Waals surface area contributed by atoms with E-state index < -0.39 is 0 Å². The molecule has 1 aliphatic heterocycles. The highest BCUT2D eigenvalue weighted by molar-refractivity contribution is 5.85. The van der Waals surface area contributed by atoms with Crippen molar-refractivity contribution in [2.24, 2.45) is 5.92 Å². The van der Waals surface area contributed by atoms with Crippen LogP contribution in [-0.2, 0) is 9.59 Å². The third-order valence-electron chi connectivity index (χ3n) is 4.40. The molecule has 3 atom stereocenters. The molecule has 21 heavy (non-hydrogen) atoms. The minimum atomic E-state index is -0.0539. The van der Waals surface area contributed by atoms with E-state index in [0.717, 1.165) is 12.8 Å². The van der Waals surface area contributed by atoms with Crippen molar-refractivity contribution in [3.05, 3.63) is 0 Å². The zero-order valence-corrected chi connectivity index (χ0v) is 13.6. The van der Waals surface area contributed by atoms with E-state index >= 15 is 0 Å². The van der Waals surface area contributed by atoms with Crippen LogP contribution in [0.15, 0.2) is 0 Å².